The van der Waals surface area contributed by atoms with Crippen molar-refractivity contribution in [3.63, 3.8) is 0 Å². The molecule has 0 heterocycles. The maximum Gasteiger partial charge on any atom is 0.00755 e. The van der Waals surface area contributed by atoms with Crippen molar-refractivity contribution < 1.29 is 0 Å². The maximum atomic E-state index is 6.04. The van der Waals surface area contributed by atoms with E-state index >= 15 is 0 Å². The molecule has 100 valence electrons. The van der Waals surface area contributed by atoms with E-state index < -0.39 is 0 Å². The second kappa shape index (κ2) is 5.05. The average molecular weight is 245 g/mol. The Kier molecular flexibility index (Phi) is 3.82. The molecule has 0 saturated heterocycles. The molecule has 1 nitrogen and oxygen atoms in total. The van der Waals surface area contributed by atoms with Crippen LogP contribution in [0.1, 0.15) is 57.6 Å². The summed E-state index contributed by atoms with van der Waals surface area (Å²) < 4.78 is 0. The normalized spacial score (nSPS) is 19.1. The summed E-state index contributed by atoms with van der Waals surface area (Å²) in [6, 6.07) is 9.24. The van der Waals surface area contributed by atoms with E-state index in [0.29, 0.717) is 5.41 Å². The van der Waals surface area contributed by atoms with Gasteiger partial charge in [0.2, 0.25) is 0 Å². The molecule has 18 heavy (non-hydrogen) atoms. The van der Waals surface area contributed by atoms with Crippen molar-refractivity contribution in [2.45, 2.75) is 58.3 Å². The van der Waals surface area contributed by atoms with Crippen LogP contribution in [0.25, 0.3) is 0 Å². The van der Waals surface area contributed by atoms with Crippen LogP contribution in [-0.2, 0) is 11.8 Å². The molecule has 2 N–H and O–H groups in total. The first-order valence-corrected chi connectivity index (χ1v) is 7.25. The van der Waals surface area contributed by atoms with Crippen LogP contribution in [0, 0.1) is 5.41 Å². The minimum atomic E-state index is 0.278. The largest absolute Gasteiger partial charge is 0.330 e. The summed E-state index contributed by atoms with van der Waals surface area (Å²) in [4.78, 5) is 0. The highest BCUT2D eigenvalue weighted by Gasteiger charge is 2.33. The molecule has 1 aliphatic rings. The van der Waals surface area contributed by atoms with Gasteiger partial charge in [-0.25, -0.2) is 0 Å². The van der Waals surface area contributed by atoms with Crippen molar-refractivity contribution >= 4 is 0 Å². The van der Waals surface area contributed by atoms with Crippen molar-refractivity contribution in [2.75, 3.05) is 6.54 Å². The fourth-order valence-corrected chi connectivity index (χ4v) is 3.25. The summed E-state index contributed by atoms with van der Waals surface area (Å²) in [7, 11) is 0. The molecule has 2 rings (SSSR count). The van der Waals surface area contributed by atoms with Gasteiger partial charge < -0.3 is 5.73 Å². The third-order valence-electron chi connectivity index (χ3n) is 4.25. The van der Waals surface area contributed by atoms with E-state index in [1.54, 1.807) is 0 Å². The summed E-state index contributed by atoms with van der Waals surface area (Å²) in [5.41, 5.74) is 9.58. The van der Waals surface area contributed by atoms with E-state index in [1.165, 1.54) is 36.8 Å². The summed E-state index contributed by atoms with van der Waals surface area (Å²) in [6.45, 7) is 7.67. The molecule has 0 spiro atoms. The molecule has 1 aromatic carbocycles. The van der Waals surface area contributed by atoms with Crippen molar-refractivity contribution in [2.24, 2.45) is 11.1 Å². The van der Waals surface area contributed by atoms with Crippen LogP contribution >= 0.6 is 0 Å². The van der Waals surface area contributed by atoms with Crippen LogP contribution in [0.3, 0.4) is 0 Å². The van der Waals surface area contributed by atoms with Crippen molar-refractivity contribution in [1.29, 1.82) is 0 Å². The van der Waals surface area contributed by atoms with Crippen molar-refractivity contribution in [1.82, 2.24) is 0 Å². The fourth-order valence-electron chi connectivity index (χ4n) is 3.25. The highest BCUT2D eigenvalue weighted by atomic mass is 14.6. The third-order valence-corrected chi connectivity index (χ3v) is 4.25. The minimum Gasteiger partial charge on any atom is -0.330 e. The molecule has 1 aromatic rings. The van der Waals surface area contributed by atoms with Gasteiger partial charge in [-0.1, -0.05) is 57.9 Å². The summed E-state index contributed by atoms with van der Waals surface area (Å²) in [5.74, 6) is 0. The van der Waals surface area contributed by atoms with Crippen molar-refractivity contribution in [3.8, 4) is 0 Å². The summed E-state index contributed by atoms with van der Waals surface area (Å²) in [5, 5.41) is 0. The lowest BCUT2D eigenvalue weighted by molar-refractivity contribution is 0.410. The Bertz CT molecular complexity index is 377. The van der Waals surface area contributed by atoms with Gasteiger partial charge >= 0.3 is 0 Å². The second-order valence-corrected chi connectivity index (χ2v) is 7.13. The molecule has 0 unspecified atom stereocenters. The number of hydrogen-bond donors (Lipinski definition) is 1. The Morgan fingerprint density at radius 1 is 1.06 bits per heavy atom. The smallest absolute Gasteiger partial charge is 0.00755 e. The summed E-state index contributed by atoms with van der Waals surface area (Å²) >= 11 is 0. The van der Waals surface area contributed by atoms with Gasteiger partial charge in [0.15, 0.2) is 0 Å². The molecule has 0 radical (unpaired) electrons. The Labute approximate surface area is 112 Å². The molecular formula is C17H27N. The zero-order valence-electron chi connectivity index (χ0n) is 12.1. The fraction of sp³-hybridized carbons (Fsp3) is 0.647. The molecule has 1 aliphatic carbocycles. The van der Waals surface area contributed by atoms with E-state index in [1.807, 2.05) is 0 Å². The molecular weight excluding hydrogens is 218 g/mol. The quantitative estimate of drug-likeness (QED) is 0.854. The zero-order valence-corrected chi connectivity index (χ0v) is 12.1. The minimum absolute atomic E-state index is 0.278. The van der Waals surface area contributed by atoms with E-state index in [2.05, 4.69) is 45.0 Å². The van der Waals surface area contributed by atoms with E-state index in [0.717, 1.165) is 13.0 Å². The second-order valence-electron chi connectivity index (χ2n) is 7.13. The zero-order chi connectivity index (χ0) is 13.2. The number of nitrogens with two attached hydrogens (primary N) is 1. The van der Waals surface area contributed by atoms with E-state index in [4.69, 9.17) is 5.73 Å². The standard InChI is InChI=1S/C17H27N/c1-16(2,3)12-14-6-8-15(9-7-14)17(13-18)10-4-5-11-17/h6-9H,4-5,10-13,18H2,1-3H3. The van der Waals surface area contributed by atoms with Gasteiger partial charge in [0.05, 0.1) is 0 Å². The number of rotatable bonds is 3. The molecule has 0 amide bonds. The SMILES string of the molecule is CC(C)(C)Cc1ccc(C2(CN)CCCC2)cc1. The Balaban J connectivity index is 2.16. The third kappa shape index (κ3) is 2.95. The summed E-state index contributed by atoms with van der Waals surface area (Å²) in [6.07, 6.45) is 6.34. The van der Waals surface area contributed by atoms with Crippen LogP contribution in [0.5, 0.6) is 0 Å². The topological polar surface area (TPSA) is 26.0 Å². The van der Waals surface area contributed by atoms with Gasteiger partial charge in [-0.05, 0) is 35.8 Å². The predicted octanol–water partition coefficient (Wildman–Crippen LogP) is 4.05. The first-order valence-electron chi connectivity index (χ1n) is 7.25. The van der Waals surface area contributed by atoms with Crippen LogP contribution in [-0.4, -0.2) is 6.54 Å². The molecule has 0 atom stereocenters. The van der Waals surface area contributed by atoms with Crippen molar-refractivity contribution in [3.05, 3.63) is 35.4 Å². The number of hydrogen-bond acceptors (Lipinski definition) is 1. The van der Waals surface area contributed by atoms with Gasteiger partial charge in [0.25, 0.3) is 0 Å². The lowest BCUT2D eigenvalue weighted by Crippen LogP contribution is -2.31. The Morgan fingerprint density at radius 3 is 2.06 bits per heavy atom. The first-order chi connectivity index (χ1) is 8.45. The Hall–Kier alpha value is -0.820. The van der Waals surface area contributed by atoms with Gasteiger partial charge in [0.1, 0.15) is 0 Å². The monoisotopic (exact) mass is 245 g/mol. The van der Waals surface area contributed by atoms with Crippen LogP contribution in [0.15, 0.2) is 24.3 Å². The molecule has 0 aliphatic heterocycles. The van der Waals surface area contributed by atoms with Crippen LogP contribution in [0.2, 0.25) is 0 Å². The molecule has 0 aromatic heterocycles. The lowest BCUT2D eigenvalue weighted by atomic mass is 9.78. The van der Waals surface area contributed by atoms with Crippen LogP contribution < -0.4 is 5.73 Å². The lowest BCUT2D eigenvalue weighted by Gasteiger charge is -2.28. The van der Waals surface area contributed by atoms with Gasteiger partial charge in [-0.2, -0.15) is 0 Å². The molecule has 1 heteroatoms. The van der Waals surface area contributed by atoms with E-state index in [-0.39, 0.29) is 5.41 Å². The van der Waals surface area contributed by atoms with E-state index in [9.17, 15) is 0 Å². The Morgan fingerprint density at radius 2 is 1.61 bits per heavy atom. The molecule has 1 saturated carbocycles. The molecule has 0 bridgehead atoms. The average Bonchev–Trinajstić information content (AvgIpc) is 2.77. The highest BCUT2D eigenvalue weighted by Crippen LogP contribution is 2.40. The van der Waals surface area contributed by atoms with Crippen LogP contribution in [0.4, 0.5) is 0 Å². The highest BCUT2D eigenvalue weighted by molar-refractivity contribution is 5.31. The van der Waals surface area contributed by atoms with Gasteiger partial charge in [-0.15, -0.1) is 0 Å². The first kappa shape index (κ1) is 13.6. The van der Waals surface area contributed by atoms with Gasteiger partial charge in [0, 0.05) is 12.0 Å². The predicted molar refractivity (Wildman–Crippen MR) is 78.8 cm³/mol. The maximum absolute atomic E-state index is 6.04. The molecule has 1 fully saturated rings. The number of benzene rings is 1. The van der Waals surface area contributed by atoms with Gasteiger partial charge in [-0.3, -0.25) is 0 Å².